The van der Waals surface area contributed by atoms with Crippen LogP contribution in [0.5, 0.6) is 5.75 Å². The second-order valence-corrected chi connectivity index (χ2v) is 9.58. The first kappa shape index (κ1) is 24.1. The number of oxazole rings is 1. The minimum absolute atomic E-state index is 0.0395. The zero-order chi connectivity index (χ0) is 25.0. The third-order valence-corrected chi connectivity index (χ3v) is 6.98. The number of amides is 1. The highest BCUT2D eigenvalue weighted by Crippen LogP contribution is 2.28. The largest absolute Gasteiger partial charge is 0.495 e. The Morgan fingerprint density at radius 2 is 1.80 bits per heavy atom. The Morgan fingerprint density at radius 1 is 1.06 bits per heavy atom. The lowest BCUT2D eigenvalue weighted by Crippen LogP contribution is -2.18. The molecule has 1 amide bonds. The van der Waals surface area contributed by atoms with Crippen LogP contribution in [0.3, 0.4) is 0 Å². The molecule has 0 aliphatic rings. The Kier molecular flexibility index (Phi) is 6.92. The van der Waals surface area contributed by atoms with E-state index in [1.807, 2.05) is 6.07 Å². The number of nitrogens with one attached hydrogen (secondary N) is 2. The molecule has 0 bridgehead atoms. The smallest absolute Gasteiger partial charge is 0.419 e. The lowest BCUT2D eigenvalue weighted by molar-refractivity contribution is -0.116. The first-order chi connectivity index (χ1) is 16.8. The predicted molar refractivity (Wildman–Crippen MR) is 133 cm³/mol. The summed E-state index contributed by atoms with van der Waals surface area (Å²) in [5.41, 5.74) is 2.36. The van der Waals surface area contributed by atoms with Gasteiger partial charge in [-0.1, -0.05) is 30.3 Å². The molecule has 1 aromatic heterocycles. The quantitative estimate of drug-likeness (QED) is 0.360. The first-order valence-corrected chi connectivity index (χ1v) is 12.4. The van der Waals surface area contributed by atoms with Gasteiger partial charge in [0.1, 0.15) is 5.75 Å². The van der Waals surface area contributed by atoms with E-state index in [1.165, 1.54) is 17.7 Å². The minimum atomic E-state index is -3.94. The number of benzene rings is 3. The molecule has 0 aliphatic carbocycles. The van der Waals surface area contributed by atoms with Crippen molar-refractivity contribution in [1.82, 2.24) is 4.57 Å². The lowest BCUT2D eigenvalue weighted by Gasteiger charge is -2.14. The van der Waals surface area contributed by atoms with Gasteiger partial charge in [0.05, 0.1) is 23.2 Å². The fraction of sp³-hybridized carbons (Fsp3) is 0.200. The number of rotatable bonds is 9. The zero-order valence-corrected chi connectivity index (χ0v) is 20.1. The van der Waals surface area contributed by atoms with Gasteiger partial charge >= 0.3 is 5.76 Å². The molecule has 0 unspecified atom stereocenters. The molecule has 4 aromatic rings. The van der Waals surface area contributed by atoms with Crippen molar-refractivity contribution in [2.45, 2.75) is 31.2 Å². The van der Waals surface area contributed by atoms with E-state index in [0.717, 1.165) is 0 Å². The van der Waals surface area contributed by atoms with Crippen LogP contribution in [-0.2, 0) is 21.4 Å². The molecule has 0 atom stereocenters. The predicted octanol–water partition coefficient (Wildman–Crippen LogP) is 4.13. The van der Waals surface area contributed by atoms with Gasteiger partial charge in [0, 0.05) is 18.7 Å². The SMILES string of the molecule is COc1ccccc1NS(=O)(=O)c1cc(NC(=O)CCCn2c(=O)oc3ccccc32)ccc1C. The Morgan fingerprint density at radius 3 is 2.60 bits per heavy atom. The average molecular weight is 496 g/mol. The maximum Gasteiger partial charge on any atom is 0.419 e. The average Bonchev–Trinajstić information content (AvgIpc) is 3.15. The highest BCUT2D eigenvalue weighted by Gasteiger charge is 2.20. The second kappa shape index (κ2) is 10.1. The van der Waals surface area contributed by atoms with Crippen LogP contribution in [-0.4, -0.2) is 26.0 Å². The summed E-state index contributed by atoms with van der Waals surface area (Å²) in [6.07, 6.45) is 0.545. The number of carbonyl (C=O) groups is 1. The van der Waals surface area contributed by atoms with E-state index in [1.54, 1.807) is 61.5 Å². The van der Waals surface area contributed by atoms with Crippen molar-refractivity contribution >= 4 is 38.4 Å². The topological polar surface area (TPSA) is 120 Å². The number of fused-ring (bicyclic) bond motifs is 1. The van der Waals surface area contributed by atoms with E-state index in [-0.39, 0.29) is 17.2 Å². The van der Waals surface area contributed by atoms with Crippen molar-refractivity contribution in [2.24, 2.45) is 0 Å². The fourth-order valence-electron chi connectivity index (χ4n) is 3.74. The molecular weight excluding hydrogens is 470 g/mol. The Balaban J connectivity index is 1.43. The van der Waals surface area contributed by atoms with Crippen molar-refractivity contribution in [3.63, 3.8) is 0 Å². The van der Waals surface area contributed by atoms with Crippen LogP contribution in [0.15, 0.2) is 80.8 Å². The van der Waals surface area contributed by atoms with Gasteiger partial charge in [-0.05, 0) is 55.3 Å². The summed E-state index contributed by atoms with van der Waals surface area (Å²) in [6, 6.07) is 18.5. The normalized spacial score (nSPS) is 11.4. The lowest BCUT2D eigenvalue weighted by atomic mass is 10.2. The molecule has 0 radical (unpaired) electrons. The molecule has 9 nitrogen and oxygen atoms in total. The molecule has 10 heteroatoms. The molecule has 3 aromatic carbocycles. The Hall–Kier alpha value is -4.05. The van der Waals surface area contributed by atoms with Gasteiger partial charge in [-0.25, -0.2) is 13.2 Å². The summed E-state index contributed by atoms with van der Waals surface area (Å²) < 4.78 is 40.5. The molecule has 35 heavy (non-hydrogen) atoms. The third-order valence-electron chi connectivity index (χ3n) is 5.47. The van der Waals surface area contributed by atoms with Gasteiger partial charge in [0.2, 0.25) is 5.91 Å². The van der Waals surface area contributed by atoms with Crippen molar-refractivity contribution in [3.05, 3.63) is 82.8 Å². The van der Waals surface area contributed by atoms with Gasteiger partial charge < -0.3 is 14.5 Å². The van der Waals surface area contributed by atoms with Crippen LogP contribution in [0.1, 0.15) is 18.4 Å². The number of para-hydroxylation sites is 4. The number of aryl methyl sites for hydroxylation is 2. The van der Waals surface area contributed by atoms with E-state index >= 15 is 0 Å². The molecule has 0 saturated carbocycles. The number of ether oxygens (including phenoxy) is 1. The molecule has 4 rings (SSSR count). The minimum Gasteiger partial charge on any atom is -0.495 e. The van der Waals surface area contributed by atoms with E-state index in [4.69, 9.17) is 9.15 Å². The first-order valence-electron chi connectivity index (χ1n) is 10.9. The van der Waals surface area contributed by atoms with Crippen LogP contribution in [0.25, 0.3) is 11.1 Å². The highest BCUT2D eigenvalue weighted by molar-refractivity contribution is 7.92. The number of anilines is 2. The fourth-order valence-corrected chi connectivity index (χ4v) is 5.09. The van der Waals surface area contributed by atoms with Crippen LogP contribution < -0.4 is 20.5 Å². The summed E-state index contributed by atoms with van der Waals surface area (Å²) in [5.74, 6) is -0.374. The summed E-state index contributed by atoms with van der Waals surface area (Å²) >= 11 is 0. The second-order valence-electron chi connectivity index (χ2n) is 7.93. The number of hydrogen-bond acceptors (Lipinski definition) is 6. The van der Waals surface area contributed by atoms with Crippen LogP contribution >= 0.6 is 0 Å². The number of sulfonamides is 1. The highest BCUT2D eigenvalue weighted by atomic mass is 32.2. The van der Waals surface area contributed by atoms with E-state index < -0.39 is 15.8 Å². The maximum atomic E-state index is 13.1. The number of methoxy groups -OCH3 is 1. The number of nitrogens with zero attached hydrogens (tertiary/aromatic N) is 1. The van der Waals surface area contributed by atoms with Crippen LogP contribution in [0.4, 0.5) is 11.4 Å². The van der Waals surface area contributed by atoms with Crippen molar-refractivity contribution < 1.29 is 22.4 Å². The summed E-state index contributed by atoms with van der Waals surface area (Å²) in [7, 11) is -2.48. The van der Waals surface area contributed by atoms with Gasteiger partial charge in [-0.2, -0.15) is 0 Å². The van der Waals surface area contributed by atoms with E-state index in [9.17, 15) is 18.0 Å². The monoisotopic (exact) mass is 495 g/mol. The van der Waals surface area contributed by atoms with Gasteiger partial charge in [-0.15, -0.1) is 0 Å². The molecule has 0 fully saturated rings. The van der Waals surface area contributed by atoms with Crippen molar-refractivity contribution in [3.8, 4) is 5.75 Å². The molecule has 0 spiro atoms. The number of aromatic nitrogens is 1. The standard InChI is InChI=1S/C25H25N3O6S/c1-17-13-14-18(16-23(17)35(31,32)27-19-8-3-5-10-21(19)33-2)26-24(29)12-7-15-28-20-9-4-6-11-22(20)34-25(28)30/h3-6,8-11,13-14,16,27H,7,12,15H2,1-2H3,(H,26,29). The van der Waals surface area contributed by atoms with Gasteiger partial charge in [-0.3, -0.25) is 14.1 Å². The van der Waals surface area contributed by atoms with Gasteiger partial charge in [0.15, 0.2) is 5.58 Å². The molecule has 1 heterocycles. The van der Waals surface area contributed by atoms with Crippen LogP contribution in [0, 0.1) is 6.92 Å². The molecular formula is C25H25N3O6S. The number of carbonyl (C=O) groups excluding carboxylic acids is 1. The third kappa shape index (κ3) is 5.38. The van der Waals surface area contributed by atoms with E-state index in [0.29, 0.717) is 46.8 Å². The van der Waals surface area contributed by atoms with Crippen molar-refractivity contribution in [1.29, 1.82) is 0 Å². The molecule has 0 aliphatic heterocycles. The summed E-state index contributed by atoms with van der Waals surface area (Å²) in [4.78, 5) is 24.6. The summed E-state index contributed by atoms with van der Waals surface area (Å²) in [6.45, 7) is 2.00. The summed E-state index contributed by atoms with van der Waals surface area (Å²) in [5, 5.41) is 2.73. The van der Waals surface area contributed by atoms with Gasteiger partial charge in [0.25, 0.3) is 10.0 Å². The van der Waals surface area contributed by atoms with Crippen molar-refractivity contribution in [2.75, 3.05) is 17.1 Å². The molecule has 182 valence electrons. The Labute approximate surface area is 202 Å². The number of hydrogen-bond donors (Lipinski definition) is 2. The Bertz CT molecular complexity index is 1540. The van der Waals surface area contributed by atoms with E-state index in [2.05, 4.69) is 10.0 Å². The van der Waals surface area contributed by atoms with Crippen LogP contribution in [0.2, 0.25) is 0 Å². The maximum absolute atomic E-state index is 13.1. The molecule has 2 N–H and O–H groups in total. The molecule has 0 saturated heterocycles. The zero-order valence-electron chi connectivity index (χ0n) is 19.3.